The molecule has 2 N–H and O–H groups in total. The van der Waals surface area contributed by atoms with Crippen LogP contribution in [0.5, 0.6) is 0 Å². The lowest BCUT2D eigenvalue weighted by Gasteiger charge is -2.12. The summed E-state index contributed by atoms with van der Waals surface area (Å²) >= 11 is 0. The molecule has 0 bridgehead atoms. The van der Waals surface area contributed by atoms with E-state index in [0.29, 0.717) is 24.2 Å². The molecule has 1 heterocycles. The van der Waals surface area contributed by atoms with Gasteiger partial charge in [-0.2, -0.15) is 0 Å². The molecule has 1 rings (SSSR count). The molecule has 0 fully saturated rings. The Morgan fingerprint density at radius 3 is 3.05 bits per heavy atom. The number of aliphatic hydroxyl groups is 1. The number of pyridine rings is 1. The van der Waals surface area contributed by atoms with Crippen molar-refractivity contribution in [1.29, 1.82) is 0 Å². The van der Waals surface area contributed by atoms with Crippen molar-refractivity contribution in [2.45, 2.75) is 19.4 Å². The van der Waals surface area contributed by atoms with E-state index in [1.165, 1.54) is 6.20 Å². The van der Waals surface area contributed by atoms with E-state index < -0.39 is 0 Å². The second-order valence-corrected chi connectivity index (χ2v) is 4.07. The summed E-state index contributed by atoms with van der Waals surface area (Å²) in [6, 6.07) is 1.60. The number of hydrogen-bond donors (Lipinski definition) is 2. The smallest absolute Gasteiger partial charge is 0.253 e. The van der Waals surface area contributed by atoms with Crippen molar-refractivity contribution < 1.29 is 14.6 Å². The number of amides is 1. The quantitative estimate of drug-likeness (QED) is 0.761. The van der Waals surface area contributed by atoms with Gasteiger partial charge in [0.25, 0.3) is 5.91 Å². The maximum atomic E-state index is 11.9. The minimum absolute atomic E-state index is 0.0230. The lowest BCUT2D eigenvalue weighted by molar-refractivity contribution is 0.0905. The van der Waals surface area contributed by atoms with Crippen LogP contribution in [0.25, 0.3) is 0 Å². The molecule has 1 aromatic rings. The van der Waals surface area contributed by atoms with Crippen molar-refractivity contribution in [2.24, 2.45) is 0 Å². The topological polar surface area (TPSA) is 71.5 Å². The molecule has 0 saturated carbocycles. The number of nitrogens with one attached hydrogen (secondary N) is 1. The molecule has 1 atom stereocenters. The van der Waals surface area contributed by atoms with Crippen LogP contribution < -0.4 is 5.32 Å². The highest BCUT2D eigenvalue weighted by atomic mass is 16.5. The number of aromatic nitrogens is 1. The Hall–Kier alpha value is -1.90. The van der Waals surface area contributed by atoms with Gasteiger partial charge in [0.2, 0.25) is 0 Å². The second-order valence-electron chi connectivity index (χ2n) is 4.07. The standard InChI is InChI=1S/C14H18N2O3/c1-11(10-19-2)16-14(18)13-7-12(8-15-9-13)5-3-4-6-17/h7-9,11,17H,4,6,10H2,1-2H3,(H,16,18). The van der Waals surface area contributed by atoms with Gasteiger partial charge in [0.1, 0.15) is 0 Å². The fourth-order valence-corrected chi connectivity index (χ4v) is 1.45. The van der Waals surface area contributed by atoms with E-state index in [1.807, 2.05) is 6.92 Å². The zero-order valence-corrected chi connectivity index (χ0v) is 11.1. The summed E-state index contributed by atoms with van der Waals surface area (Å²) in [6.07, 6.45) is 3.48. The molecular weight excluding hydrogens is 244 g/mol. The monoisotopic (exact) mass is 262 g/mol. The van der Waals surface area contributed by atoms with E-state index >= 15 is 0 Å². The summed E-state index contributed by atoms with van der Waals surface area (Å²) in [5.41, 5.74) is 1.11. The van der Waals surface area contributed by atoms with E-state index in [2.05, 4.69) is 22.1 Å². The summed E-state index contributed by atoms with van der Waals surface area (Å²) in [4.78, 5) is 15.9. The molecular formula is C14H18N2O3. The van der Waals surface area contributed by atoms with Gasteiger partial charge in [-0.15, -0.1) is 0 Å². The fraction of sp³-hybridized carbons (Fsp3) is 0.429. The van der Waals surface area contributed by atoms with E-state index in [0.717, 1.165) is 0 Å². The number of carbonyl (C=O) groups excluding carboxylic acids is 1. The molecule has 1 unspecified atom stereocenters. The van der Waals surface area contributed by atoms with Crippen molar-refractivity contribution in [3.63, 3.8) is 0 Å². The molecule has 0 spiro atoms. The molecule has 0 radical (unpaired) electrons. The summed E-state index contributed by atoms with van der Waals surface area (Å²) < 4.78 is 4.95. The summed E-state index contributed by atoms with van der Waals surface area (Å²) in [5, 5.41) is 11.4. The first-order valence-electron chi connectivity index (χ1n) is 6.02. The molecule has 0 aliphatic carbocycles. The van der Waals surface area contributed by atoms with Gasteiger partial charge >= 0.3 is 0 Å². The molecule has 1 amide bonds. The van der Waals surface area contributed by atoms with E-state index in [4.69, 9.17) is 9.84 Å². The van der Waals surface area contributed by atoms with E-state index in [-0.39, 0.29) is 18.6 Å². The maximum absolute atomic E-state index is 11.9. The van der Waals surface area contributed by atoms with E-state index in [1.54, 1.807) is 19.4 Å². The highest BCUT2D eigenvalue weighted by Crippen LogP contribution is 2.02. The van der Waals surface area contributed by atoms with Crippen LogP contribution in [-0.2, 0) is 4.74 Å². The molecule has 5 nitrogen and oxygen atoms in total. The third-order valence-corrected chi connectivity index (χ3v) is 2.26. The summed E-state index contributed by atoms with van der Waals surface area (Å²) in [5.74, 6) is 5.42. The Kier molecular flexibility index (Phi) is 6.58. The van der Waals surface area contributed by atoms with Crippen LogP contribution in [0.1, 0.15) is 29.3 Å². The Balaban J connectivity index is 2.71. The van der Waals surface area contributed by atoms with Crippen LogP contribution in [0.2, 0.25) is 0 Å². The van der Waals surface area contributed by atoms with Gasteiger partial charge < -0.3 is 15.2 Å². The number of aliphatic hydroxyl groups excluding tert-OH is 1. The summed E-state index contributed by atoms with van der Waals surface area (Å²) in [7, 11) is 1.58. The zero-order chi connectivity index (χ0) is 14.1. The van der Waals surface area contributed by atoms with Gasteiger partial charge in [0, 0.05) is 37.5 Å². The minimum atomic E-state index is -0.206. The Labute approximate surface area is 113 Å². The molecule has 0 saturated heterocycles. The van der Waals surface area contributed by atoms with Crippen molar-refractivity contribution in [3.8, 4) is 11.8 Å². The minimum Gasteiger partial charge on any atom is -0.395 e. The van der Waals surface area contributed by atoms with Crippen LogP contribution in [0.4, 0.5) is 0 Å². The Morgan fingerprint density at radius 1 is 1.58 bits per heavy atom. The van der Waals surface area contributed by atoms with Crippen molar-refractivity contribution in [1.82, 2.24) is 10.3 Å². The van der Waals surface area contributed by atoms with Gasteiger partial charge in [-0.25, -0.2) is 0 Å². The third-order valence-electron chi connectivity index (χ3n) is 2.26. The largest absolute Gasteiger partial charge is 0.395 e. The SMILES string of the molecule is COCC(C)NC(=O)c1cncc(C#CCCO)c1. The van der Waals surface area contributed by atoms with Crippen molar-refractivity contribution in [2.75, 3.05) is 20.3 Å². The van der Waals surface area contributed by atoms with E-state index in [9.17, 15) is 4.79 Å². The van der Waals surface area contributed by atoms with Crippen LogP contribution in [-0.4, -0.2) is 42.4 Å². The fourth-order valence-electron chi connectivity index (χ4n) is 1.45. The first-order chi connectivity index (χ1) is 9.17. The second kappa shape index (κ2) is 8.25. The molecule has 19 heavy (non-hydrogen) atoms. The number of nitrogens with zero attached hydrogens (tertiary/aromatic N) is 1. The van der Waals surface area contributed by atoms with Crippen LogP contribution in [0.15, 0.2) is 18.5 Å². The first-order valence-corrected chi connectivity index (χ1v) is 6.02. The molecule has 1 aromatic heterocycles. The normalized spacial score (nSPS) is 11.3. The van der Waals surface area contributed by atoms with Crippen molar-refractivity contribution in [3.05, 3.63) is 29.6 Å². The predicted octanol–water partition coefficient (Wildman–Crippen LogP) is 0.580. The van der Waals surface area contributed by atoms with Crippen LogP contribution in [0.3, 0.4) is 0 Å². The average Bonchev–Trinajstić information content (AvgIpc) is 2.39. The lowest BCUT2D eigenvalue weighted by atomic mass is 10.2. The summed E-state index contributed by atoms with van der Waals surface area (Å²) in [6.45, 7) is 2.34. The third kappa shape index (κ3) is 5.51. The average molecular weight is 262 g/mol. The first kappa shape index (κ1) is 15.2. The lowest BCUT2D eigenvalue weighted by Crippen LogP contribution is -2.35. The molecule has 5 heteroatoms. The van der Waals surface area contributed by atoms with Gasteiger partial charge in [-0.1, -0.05) is 11.8 Å². The number of rotatable bonds is 5. The van der Waals surface area contributed by atoms with Gasteiger partial charge in [0.15, 0.2) is 0 Å². The number of hydrogen-bond acceptors (Lipinski definition) is 4. The molecule has 0 aliphatic rings. The highest BCUT2D eigenvalue weighted by molar-refractivity contribution is 5.94. The van der Waals surface area contributed by atoms with Gasteiger partial charge in [0.05, 0.1) is 18.8 Å². The molecule has 102 valence electrons. The van der Waals surface area contributed by atoms with Crippen molar-refractivity contribution >= 4 is 5.91 Å². The number of carbonyl (C=O) groups is 1. The highest BCUT2D eigenvalue weighted by Gasteiger charge is 2.10. The molecule has 0 aliphatic heterocycles. The van der Waals surface area contributed by atoms with Gasteiger partial charge in [-0.05, 0) is 13.0 Å². The van der Waals surface area contributed by atoms with Crippen LogP contribution >= 0.6 is 0 Å². The predicted molar refractivity (Wildman–Crippen MR) is 71.6 cm³/mol. The number of ether oxygens (including phenoxy) is 1. The maximum Gasteiger partial charge on any atom is 0.253 e. The Bertz CT molecular complexity index is 477. The molecule has 0 aromatic carbocycles. The number of methoxy groups -OCH3 is 1. The zero-order valence-electron chi connectivity index (χ0n) is 11.1. The van der Waals surface area contributed by atoms with Gasteiger partial charge in [-0.3, -0.25) is 9.78 Å². The van der Waals surface area contributed by atoms with Crippen LogP contribution in [0, 0.1) is 11.8 Å². The Morgan fingerprint density at radius 2 is 2.37 bits per heavy atom.